The van der Waals surface area contributed by atoms with Crippen LogP contribution in [0.25, 0.3) is 0 Å². The quantitative estimate of drug-likeness (QED) is 0.537. The van der Waals surface area contributed by atoms with Gasteiger partial charge in [-0.15, -0.1) is 0 Å². The third kappa shape index (κ3) is 11.8. The molecule has 0 heterocycles. The maximum atomic E-state index is 2.32. The van der Waals surface area contributed by atoms with Crippen LogP contribution < -0.4 is 4.90 Å². The van der Waals surface area contributed by atoms with Gasteiger partial charge in [-0.3, -0.25) is 0 Å². The van der Waals surface area contributed by atoms with Crippen LogP contribution in [0.5, 0.6) is 0 Å². The number of hydrogen-bond donors (Lipinski definition) is 1. The van der Waals surface area contributed by atoms with Gasteiger partial charge in [0.2, 0.25) is 0 Å². The van der Waals surface area contributed by atoms with E-state index < -0.39 is 0 Å². The monoisotopic (exact) mass is 307 g/mol. The van der Waals surface area contributed by atoms with Gasteiger partial charge in [0.15, 0.2) is 0 Å². The van der Waals surface area contributed by atoms with Gasteiger partial charge in [-0.25, -0.2) is 0 Å². The first-order chi connectivity index (χ1) is 10.3. The Labute approximate surface area is 138 Å². The van der Waals surface area contributed by atoms with Crippen LogP contribution in [0.3, 0.4) is 0 Å². The molecule has 128 valence electrons. The molecular formula is C20H37NO. The van der Waals surface area contributed by atoms with Crippen LogP contribution in [0.15, 0.2) is 30.3 Å². The molecule has 0 saturated heterocycles. The highest BCUT2D eigenvalue weighted by atomic mass is 16.0. The molecule has 1 rings (SSSR count). The topological polar surface area (TPSA) is 34.4 Å². The van der Waals surface area contributed by atoms with Crippen LogP contribution in [0, 0.1) is 0 Å². The molecule has 0 radical (unpaired) electrons. The van der Waals surface area contributed by atoms with Crippen molar-refractivity contribution in [1.29, 1.82) is 0 Å². The smallest absolute Gasteiger partial charge is 0.103 e. The average molecular weight is 308 g/mol. The summed E-state index contributed by atoms with van der Waals surface area (Å²) in [6.07, 6.45) is 14.3. The molecule has 2 N–H and O–H groups in total. The fourth-order valence-corrected chi connectivity index (χ4v) is 2.95. The third-order valence-electron chi connectivity index (χ3n) is 4.31. The minimum atomic E-state index is 0. The van der Waals surface area contributed by atoms with Crippen LogP contribution in [0.1, 0.15) is 76.7 Å². The predicted molar refractivity (Wildman–Crippen MR) is 95.7 cm³/mol. The van der Waals surface area contributed by atoms with Crippen molar-refractivity contribution in [3.05, 3.63) is 35.9 Å². The van der Waals surface area contributed by atoms with Crippen molar-refractivity contribution in [1.82, 2.24) is 0 Å². The molecule has 0 aliphatic rings. The fraction of sp³-hybridized carbons (Fsp3) is 0.700. The number of unbranched alkanes of at least 4 members (excludes halogenated alkanes) is 9. The summed E-state index contributed by atoms with van der Waals surface area (Å²) < 4.78 is 0. The predicted octanol–water partition coefficient (Wildman–Crippen LogP) is 4.45. The molecule has 0 saturated carbocycles. The minimum absolute atomic E-state index is 0. The number of nitrogens with one attached hydrogen (secondary N) is 1. The van der Waals surface area contributed by atoms with Gasteiger partial charge in [-0.2, -0.15) is 0 Å². The molecule has 0 fully saturated rings. The molecule has 0 amide bonds. The van der Waals surface area contributed by atoms with Gasteiger partial charge in [0, 0.05) is 5.56 Å². The van der Waals surface area contributed by atoms with E-state index in [0.29, 0.717) is 0 Å². The Kier molecular flexibility index (Phi) is 14.5. The molecule has 2 heteroatoms. The van der Waals surface area contributed by atoms with Crippen LogP contribution in [-0.4, -0.2) is 19.1 Å². The van der Waals surface area contributed by atoms with E-state index in [4.69, 9.17) is 0 Å². The summed E-state index contributed by atoms with van der Waals surface area (Å²) in [6, 6.07) is 10.9. The van der Waals surface area contributed by atoms with Crippen molar-refractivity contribution in [2.24, 2.45) is 0 Å². The van der Waals surface area contributed by atoms with E-state index in [2.05, 4.69) is 44.3 Å². The Morgan fingerprint density at radius 3 is 1.77 bits per heavy atom. The summed E-state index contributed by atoms with van der Waals surface area (Å²) in [6.45, 7) is 4.76. The van der Waals surface area contributed by atoms with E-state index in [-0.39, 0.29) is 5.48 Å². The molecule has 0 aliphatic heterocycles. The summed E-state index contributed by atoms with van der Waals surface area (Å²) in [4.78, 5) is 1.64. The molecule has 2 nitrogen and oxygen atoms in total. The van der Waals surface area contributed by atoms with Crippen LogP contribution in [0.2, 0.25) is 0 Å². The Balaban J connectivity index is 0.00000441. The van der Waals surface area contributed by atoms with E-state index in [1.807, 2.05) is 0 Å². The molecule has 0 aromatic heterocycles. The molecule has 1 aromatic rings. The van der Waals surface area contributed by atoms with Gasteiger partial charge in [0.05, 0.1) is 13.6 Å². The van der Waals surface area contributed by atoms with Crippen molar-refractivity contribution < 1.29 is 10.4 Å². The lowest BCUT2D eigenvalue weighted by Gasteiger charge is -2.13. The average Bonchev–Trinajstić information content (AvgIpc) is 2.50. The van der Waals surface area contributed by atoms with Gasteiger partial charge in [-0.1, -0.05) is 88.6 Å². The third-order valence-corrected chi connectivity index (χ3v) is 4.31. The maximum absolute atomic E-state index is 2.32. The van der Waals surface area contributed by atoms with Gasteiger partial charge in [0.1, 0.15) is 6.54 Å². The molecule has 1 atom stereocenters. The second-order valence-electron chi connectivity index (χ2n) is 6.55. The Hall–Kier alpha value is -0.860. The van der Waals surface area contributed by atoms with E-state index in [0.717, 1.165) is 6.54 Å². The number of quaternary nitrogens is 1. The zero-order valence-electron chi connectivity index (χ0n) is 14.8. The summed E-state index contributed by atoms with van der Waals surface area (Å²) in [7, 11) is 2.32. The van der Waals surface area contributed by atoms with Crippen molar-refractivity contribution >= 4 is 0 Å². The highest BCUT2D eigenvalue weighted by Gasteiger charge is 2.02. The van der Waals surface area contributed by atoms with Gasteiger partial charge >= 0.3 is 0 Å². The fourth-order valence-electron chi connectivity index (χ4n) is 2.95. The Bertz CT molecular complexity index is 326. The Morgan fingerprint density at radius 1 is 0.727 bits per heavy atom. The summed E-state index contributed by atoms with van der Waals surface area (Å²) in [5.74, 6) is 0. The first-order valence-electron chi connectivity index (χ1n) is 9.18. The lowest BCUT2D eigenvalue weighted by Crippen LogP contribution is -3.07. The SMILES string of the molecule is CCCCCCCCCCCC[NH+](C)Cc1ccccc1.[OH-]. The molecule has 1 unspecified atom stereocenters. The van der Waals surface area contributed by atoms with Gasteiger partial charge < -0.3 is 10.4 Å². The summed E-state index contributed by atoms with van der Waals surface area (Å²) in [5, 5.41) is 0. The molecule has 0 aliphatic carbocycles. The Morgan fingerprint density at radius 2 is 1.23 bits per heavy atom. The second kappa shape index (κ2) is 15.1. The molecule has 22 heavy (non-hydrogen) atoms. The lowest BCUT2D eigenvalue weighted by molar-refractivity contribution is -0.894. The normalized spacial score (nSPS) is 11.9. The number of hydrogen-bond acceptors (Lipinski definition) is 1. The number of benzene rings is 1. The molecule has 1 aromatic carbocycles. The summed E-state index contributed by atoms with van der Waals surface area (Å²) in [5.41, 5.74) is 1.46. The largest absolute Gasteiger partial charge is 0.870 e. The maximum Gasteiger partial charge on any atom is 0.103 e. The van der Waals surface area contributed by atoms with Crippen molar-refractivity contribution in [3.63, 3.8) is 0 Å². The first kappa shape index (κ1) is 21.1. The van der Waals surface area contributed by atoms with Crippen molar-refractivity contribution in [2.75, 3.05) is 13.6 Å². The number of rotatable bonds is 13. The summed E-state index contributed by atoms with van der Waals surface area (Å²) >= 11 is 0. The van der Waals surface area contributed by atoms with Crippen LogP contribution >= 0.6 is 0 Å². The van der Waals surface area contributed by atoms with E-state index in [1.54, 1.807) is 4.90 Å². The van der Waals surface area contributed by atoms with E-state index in [9.17, 15) is 0 Å². The highest BCUT2D eigenvalue weighted by molar-refractivity contribution is 5.13. The lowest BCUT2D eigenvalue weighted by atomic mass is 10.1. The van der Waals surface area contributed by atoms with E-state index >= 15 is 0 Å². The first-order valence-corrected chi connectivity index (χ1v) is 9.18. The van der Waals surface area contributed by atoms with E-state index in [1.165, 1.54) is 76.3 Å². The highest BCUT2D eigenvalue weighted by Crippen LogP contribution is 2.10. The standard InChI is InChI=1S/C20H35N.H2O/c1-3-4-5-6-7-8-9-10-11-15-18-21(2)19-20-16-13-12-14-17-20;/h12-14,16-17H,3-11,15,18-19H2,1-2H3;1H2. The second-order valence-corrected chi connectivity index (χ2v) is 6.55. The van der Waals surface area contributed by atoms with Gasteiger partial charge in [-0.05, 0) is 12.8 Å². The zero-order valence-corrected chi connectivity index (χ0v) is 14.8. The van der Waals surface area contributed by atoms with Crippen LogP contribution in [-0.2, 0) is 6.54 Å². The van der Waals surface area contributed by atoms with Crippen molar-refractivity contribution in [2.45, 2.75) is 77.7 Å². The van der Waals surface area contributed by atoms with Crippen LogP contribution in [0.4, 0.5) is 0 Å². The minimum Gasteiger partial charge on any atom is -0.870 e. The zero-order chi connectivity index (χ0) is 15.2. The molecule has 0 bridgehead atoms. The molecule has 0 spiro atoms. The van der Waals surface area contributed by atoms with Crippen molar-refractivity contribution in [3.8, 4) is 0 Å². The molecular weight excluding hydrogens is 270 g/mol. The van der Waals surface area contributed by atoms with Gasteiger partial charge in [0.25, 0.3) is 0 Å².